The van der Waals surface area contributed by atoms with Crippen LogP contribution in [0.5, 0.6) is 0 Å². The molecule has 0 atom stereocenters. The number of rotatable bonds is 10. The minimum Gasteiger partial charge on any atom is -0.512 e. The molecule has 7 heteroatoms. The van der Waals surface area contributed by atoms with E-state index in [1.54, 1.807) is 11.3 Å². The van der Waals surface area contributed by atoms with Crippen molar-refractivity contribution < 1.29 is 38.8 Å². The predicted molar refractivity (Wildman–Crippen MR) is 216 cm³/mol. The summed E-state index contributed by atoms with van der Waals surface area (Å²) in [6, 6.07) is 14.3. The second-order valence-corrected chi connectivity index (χ2v) is 17.1. The maximum atomic E-state index is 12.2. The number of thiophene rings is 1. The first-order valence-electron chi connectivity index (χ1n) is 18.6. The standard InChI is InChI=1S/C30H28NO2S.C15H28O2.Ir/c1-16(2)13-24-17(3)20-7-8-21-25-23(32-28(21)27(20)33-24)9-11-31-26(25)19-14-18-10-12-34-29(18)22(15-19)30(4,5)6;1-7-14(5,8-2)12(16)11-13(17)15(6,9-3)10-4;/h7-12,15-16H,13H2,1-6H3;11,16H,7-10H2,1-6H3;/q-1;;/b;12-11-;. The maximum absolute atomic E-state index is 12.2. The molecular weight excluding hydrogens is 843 g/mol. The number of nitrogens with zero attached hydrogens (tertiary/aromatic N) is 1. The molecule has 0 saturated carbocycles. The number of aliphatic hydroxyl groups excluding tert-OH is 1. The molecule has 6 rings (SSSR count). The van der Waals surface area contributed by atoms with Crippen molar-refractivity contribution in [3.05, 3.63) is 76.7 Å². The van der Waals surface area contributed by atoms with Gasteiger partial charge in [-0.2, -0.15) is 11.3 Å². The van der Waals surface area contributed by atoms with Gasteiger partial charge in [-0.25, -0.2) is 0 Å². The molecule has 6 aromatic rings. The fourth-order valence-corrected chi connectivity index (χ4v) is 7.73. The second kappa shape index (κ2) is 16.0. The largest absolute Gasteiger partial charge is 0.512 e. The Bertz CT molecular complexity index is 2220. The predicted octanol–water partition coefficient (Wildman–Crippen LogP) is 13.9. The van der Waals surface area contributed by atoms with E-state index in [0.29, 0.717) is 5.92 Å². The van der Waals surface area contributed by atoms with Gasteiger partial charge in [0.25, 0.3) is 0 Å². The first kappa shape index (κ1) is 41.5. The van der Waals surface area contributed by atoms with Crippen LogP contribution >= 0.6 is 11.3 Å². The van der Waals surface area contributed by atoms with E-state index in [0.717, 1.165) is 87.4 Å². The topological polar surface area (TPSA) is 76.5 Å². The van der Waals surface area contributed by atoms with Crippen LogP contribution in [-0.2, 0) is 36.7 Å². The van der Waals surface area contributed by atoms with Gasteiger partial charge in [0.1, 0.15) is 17.1 Å². The number of hydrogen-bond acceptors (Lipinski definition) is 6. The smallest absolute Gasteiger partial charge is 0.177 e. The van der Waals surface area contributed by atoms with Gasteiger partial charge in [0, 0.05) is 71.5 Å². The van der Waals surface area contributed by atoms with Gasteiger partial charge in [0.2, 0.25) is 0 Å². The third kappa shape index (κ3) is 7.84. The van der Waals surface area contributed by atoms with Crippen molar-refractivity contribution in [1.29, 1.82) is 0 Å². The Morgan fingerprint density at radius 3 is 2.13 bits per heavy atom. The summed E-state index contributed by atoms with van der Waals surface area (Å²) >= 11 is 1.78. The van der Waals surface area contributed by atoms with Gasteiger partial charge in [-0.3, -0.25) is 9.78 Å². The molecular formula is C45H56IrNO4S-. The zero-order chi connectivity index (χ0) is 37.5. The average molecular weight is 899 g/mol. The van der Waals surface area contributed by atoms with Crippen LogP contribution in [0.25, 0.3) is 54.3 Å². The zero-order valence-corrected chi connectivity index (χ0v) is 36.3. The van der Waals surface area contributed by atoms with E-state index in [2.05, 4.69) is 77.3 Å². The summed E-state index contributed by atoms with van der Waals surface area (Å²) in [6.45, 7) is 25.4. The Kier molecular flexibility index (Phi) is 12.8. The van der Waals surface area contributed by atoms with Crippen molar-refractivity contribution in [2.75, 3.05) is 0 Å². The molecule has 0 amide bonds. The first-order valence-corrected chi connectivity index (χ1v) is 19.5. The molecule has 0 bridgehead atoms. The van der Waals surface area contributed by atoms with Crippen LogP contribution in [0.1, 0.15) is 119 Å². The summed E-state index contributed by atoms with van der Waals surface area (Å²) in [7, 11) is 0. The Morgan fingerprint density at radius 1 is 0.923 bits per heavy atom. The number of aromatic nitrogens is 1. The van der Waals surface area contributed by atoms with Crippen molar-refractivity contribution in [2.24, 2.45) is 16.7 Å². The number of hydrogen-bond donors (Lipinski definition) is 1. The minimum atomic E-state index is -0.337. The fraction of sp³-hybridized carbons (Fsp3) is 0.467. The van der Waals surface area contributed by atoms with Gasteiger partial charge in [0.15, 0.2) is 16.9 Å². The van der Waals surface area contributed by atoms with E-state index in [4.69, 9.17) is 13.8 Å². The number of fused-ring (bicyclic) bond motifs is 6. The number of pyridine rings is 1. The number of allylic oxidation sites excluding steroid dienone is 2. The molecule has 52 heavy (non-hydrogen) atoms. The first-order chi connectivity index (χ1) is 24.0. The summed E-state index contributed by atoms with van der Waals surface area (Å²) in [5, 5.41) is 16.6. The molecule has 0 aliphatic heterocycles. The number of aryl methyl sites for hydroxylation is 1. The summed E-state index contributed by atoms with van der Waals surface area (Å²) in [5.41, 5.74) is 6.30. The Morgan fingerprint density at radius 2 is 1.54 bits per heavy atom. The number of carbonyl (C=O) groups excluding carboxylic acids is 1. The van der Waals surface area contributed by atoms with Crippen LogP contribution in [-0.4, -0.2) is 15.9 Å². The fourth-order valence-electron chi connectivity index (χ4n) is 6.65. The molecule has 4 aromatic heterocycles. The summed E-state index contributed by atoms with van der Waals surface area (Å²) in [4.78, 5) is 17.0. The van der Waals surface area contributed by atoms with Crippen molar-refractivity contribution in [3.8, 4) is 11.3 Å². The third-order valence-corrected chi connectivity index (χ3v) is 12.2. The quantitative estimate of drug-likeness (QED) is 0.0842. The van der Waals surface area contributed by atoms with Crippen molar-refractivity contribution in [2.45, 2.75) is 121 Å². The molecule has 0 fully saturated rings. The van der Waals surface area contributed by atoms with Gasteiger partial charge in [-0.1, -0.05) is 93.4 Å². The Balaban J connectivity index is 0.000000289. The molecule has 5 nitrogen and oxygen atoms in total. The molecule has 1 radical (unpaired) electrons. The third-order valence-electron chi connectivity index (χ3n) is 11.3. The van der Waals surface area contributed by atoms with Crippen LogP contribution in [0.3, 0.4) is 0 Å². The van der Waals surface area contributed by atoms with Crippen LogP contribution < -0.4 is 0 Å². The van der Waals surface area contributed by atoms with Crippen molar-refractivity contribution in [3.63, 3.8) is 0 Å². The van der Waals surface area contributed by atoms with Crippen LogP contribution in [0.4, 0.5) is 0 Å². The van der Waals surface area contributed by atoms with Crippen LogP contribution in [0, 0.1) is 29.7 Å². The molecule has 1 N–H and O–H groups in total. The van der Waals surface area contributed by atoms with Crippen molar-refractivity contribution >= 4 is 60.1 Å². The molecule has 0 saturated heterocycles. The van der Waals surface area contributed by atoms with Crippen molar-refractivity contribution in [1.82, 2.24) is 4.98 Å². The van der Waals surface area contributed by atoms with Gasteiger partial charge in [-0.05, 0) is 71.7 Å². The minimum absolute atomic E-state index is 0. The number of carbonyl (C=O) groups is 1. The van der Waals surface area contributed by atoms with E-state index in [1.807, 2.05) is 53.8 Å². The van der Waals surface area contributed by atoms with E-state index in [-0.39, 0.29) is 47.9 Å². The normalized spacial score (nSPS) is 12.9. The maximum Gasteiger partial charge on any atom is 0.177 e. The van der Waals surface area contributed by atoms with Gasteiger partial charge >= 0.3 is 0 Å². The van der Waals surface area contributed by atoms with E-state index in [9.17, 15) is 9.90 Å². The van der Waals surface area contributed by atoms with Crippen LogP contribution in [0.15, 0.2) is 62.6 Å². The number of benzene rings is 2. The summed E-state index contributed by atoms with van der Waals surface area (Å²) < 4.78 is 14.1. The van der Waals surface area contributed by atoms with Gasteiger partial charge in [0.05, 0.1) is 0 Å². The second-order valence-electron chi connectivity index (χ2n) is 16.1. The SMILES string of the molecule is CCC(C)(CC)C(=O)/C=C(\O)C(C)(CC)CC.Cc1c(CC(C)C)oc2c1ccc1c2oc2ccnc(-c3[c-]c4ccsc4c(C(C)(C)C)c3)c21.[Ir]. The van der Waals surface area contributed by atoms with Gasteiger partial charge < -0.3 is 13.9 Å². The summed E-state index contributed by atoms with van der Waals surface area (Å²) in [6.07, 6.45) is 7.50. The monoisotopic (exact) mass is 899 g/mol. The number of ketones is 1. The van der Waals surface area contributed by atoms with E-state index in [1.165, 1.54) is 21.9 Å². The number of aliphatic hydroxyl groups is 1. The average Bonchev–Trinajstić information content (AvgIpc) is 3.82. The molecule has 0 aliphatic carbocycles. The summed E-state index contributed by atoms with van der Waals surface area (Å²) in [5.74, 6) is 1.86. The van der Waals surface area contributed by atoms with E-state index < -0.39 is 0 Å². The Hall–Kier alpha value is -3.25. The molecule has 0 unspecified atom stereocenters. The van der Waals surface area contributed by atoms with E-state index >= 15 is 0 Å². The molecule has 0 spiro atoms. The molecule has 0 aliphatic rings. The Labute approximate surface area is 327 Å². The zero-order valence-electron chi connectivity index (χ0n) is 33.1. The van der Waals surface area contributed by atoms with Crippen LogP contribution in [0.2, 0.25) is 0 Å². The molecule has 4 heterocycles. The molecule has 281 valence electrons. The number of furan rings is 2. The molecule has 2 aromatic carbocycles. The van der Waals surface area contributed by atoms with Gasteiger partial charge in [-0.15, -0.1) is 23.6 Å².